The van der Waals surface area contributed by atoms with Crippen molar-refractivity contribution in [3.63, 3.8) is 0 Å². The van der Waals surface area contributed by atoms with Crippen molar-refractivity contribution < 1.29 is 23.3 Å². The Morgan fingerprint density at radius 3 is 2.12 bits per heavy atom. The Hall–Kier alpha value is -1.89. The van der Waals surface area contributed by atoms with E-state index in [1.54, 1.807) is 41.5 Å². The zero-order valence-electron chi connectivity index (χ0n) is 15.4. The van der Waals surface area contributed by atoms with E-state index in [2.05, 4.69) is 0 Å². The maximum Gasteiger partial charge on any atom is 0.509 e. The monoisotopic (exact) mass is 367 g/mol. The quantitative estimate of drug-likeness (QED) is 0.605. The summed E-state index contributed by atoms with van der Waals surface area (Å²) in [6.45, 7) is 10.5. The molecular formula is C18H25NO5S. The summed E-state index contributed by atoms with van der Waals surface area (Å²) in [6.07, 6.45) is -1.95. The molecule has 1 heterocycles. The number of β-lactam (4-membered cyclic amide) rings is 1. The molecule has 0 saturated carbocycles. The zero-order valence-corrected chi connectivity index (χ0v) is 16.3. The molecule has 0 spiro atoms. The summed E-state index contributed by atoms with van der Waals surface area (Å²) in [6, 6.07) is 8.52. The second kappa shape index (κ2) is 6.78. The van der Waals surface area contributed by atoms with Gasteiger partial charge in [-0.15, -0.1) is 0 Å². The molecule has 3 atom stereocenters. The molecule has 1 aliphatic rings. The fourth-order valence-electron chi connectivity index (χ4n) is 2.37. The summed E-state index contributed by atoms with van der Waals surface area (Å²) in [4.78, 5) is 24.5. The van der Waals surface area contributed by atoms with Gasteiger partial charge in [-0.1, -0.05) is 30.3 Å². The number of hydrogen-bond acceptors (Lipinski definition) is 5. The number of carbonyl (C=O) groups is 2. The lowest BCUT2D eigenvalue weighted by molar-refractivity contribution is -0.160. The Morgan fingerprint density at radius 1 is 1.08 bits per heavy atom. The van der Waals surface area contributed by atoms with Gasteiger partial charge in [-0.3, -0.25) is 4.79 Å². The van der Waals surface area contributed by atoms with Crippen LogP contribution in [-0.4, -0.2) is 37.0 Å². The molecule has 0 aromatic heterocycles. The molecule has 1 fully saturated rings. The number of ether oxygens (including phenoxy) is 2. The van der Waals surface area contributed by atoms with Crippen molar-refractivity contribution in [1.82, 2.24) is 4.31 Å². The molecule has 25 heavy (non-hydrogen) atoms. The fourth-order valence-corrected chi connectivity index (χ4v) is 3.67. The van der Waals surface area contributed by atoms with Crippen LogP contribution in [0.25, 0.3) is 0 Å². The van der Waals surface area contributed by atoms with Gasteiger partial charge >= 0.3 is 6.16 Å². The lowest BCUT2D eigenvalue weighted by Gasteiger charge is -2.46. The van der Waals surface area contributed by atoms with Crippen LogP contribution in [0, 0.1) is 0 Å². The highest BCUT2D eigenvalue weighted by Crippen LogP contribution is 2.41. The molecular weight excluding hydrogens is 342 g/mol. The number of rotatable bonds is 3. The van der Waals surface area contributed by atoms with Gasteiger partial charge in [0.2, 0.25) is 6.10 Å². The molecule has 1 amide bonds. The molecule has 1 saturated heterocycles. The molecule has 1 aromatic rings. The average molecular weight is 367 g/mol. The largest absolute Gasteiger partial charge is 0.509 e. The lowest BCUT2D eigenvalue weighted by Crippen LogP contribution is -2.63. The average Bonchev–Trinajstić information content (AvgIpc) is 2.47. The molecule has 0 N–H and O–H groups in total. The highest BCUT2D eigenvalue weighted by molar-refractivity contribution is 7.84. The predicted molar refractivity (Wildman–Crippen MR) is 95.0 cm³/mol. The first kappa shape index (κ1) is 19.4. The summed E-state index contributed by atoms with van der Waals surface area (Å²) < 4.78 is 23.8. The fraction of sp³-hybridized carbons (Fsp3) is 0.556. The number of amides is 1. The van der Waals surface area contributed by atoms with Crippen LogP contribution in [0.4, 0.5) is 4.79 Å². The zero-order chi connectivity index (χ0) is 19.0. The van der Waals surface area contributed by atoms with Gasteiger partial charge < -0.3 is 9.47 Å². The normalized spacial score (nSPS) is 22.2. The van der Waals surface area contributed by atoms with Crippen LogP contribution in [0.15, 0.2) is 30.3 Å². The first-order chi connectivity index (χ1) is 11.4. The SMILES string of the molecule is CC(C)(C)OC(=O)O[C@H]1C(=O)N([S@@](=O)C(C)(C)C)[C@H]1c1ccccc1. The van der Waals surface area contributed by atoms with Crippen molar-refractivity contribution in [2.75, 3.05) is 0 Å². The van der Waals surface area contributed by atoms with E-state index in [0.29, 0.717) is 0 Å². The van der Waals surface area contributed by atoms with E-state index in [1.807, 2.05) is 30.3 Å². The smallest absolute Gasteiger partial charge is 0.429 e. The molecule has 0 bridgehead atoms. The molecule has 1 aliphatic heterocycles. The van der Waals surface area contributed by atoms with Gasteiger partial charge in [0.25, 0.3) is 5.91 Å². The van der Waals surface area contributed by atoms with E-state index >= 15 is 0 Å². The second-order valence-corrected chi connectivity index (χ2v) is 10.0. The maximum absolute atomic E-state index is 12.7. The van der Waals surface area contributed by atoms with Gasteiger partial charge in [-0.05, 0) is 47.1 Å². The minimum absolute atomic E-state index is 0.479. The predicted octanol–water partition coefficient (Wildman–Crippen LogP) is 3.35. The standard InChI is InChI=1S/C18H25NO5S/c1-17(2,3)24-16(21)23-14-13(12-10-8-7-9-11-12)19(15(14)20)25(22)18(4,5)6/h7-11,13-14H,1-6H3/t13-,14+,25-/m0/s1. The van der Waals surface area contributed by atoms with Crippen LogP contribution in [0.3, 0.4) is 0 Å². The summed E-state index contributed by atoms with van der Waals surface area (Å²) in [5.74, 6) is -0.479. The van der Waals surface area contributed by atoms with Crippen LogP contribution < -0.4 is 0 Å². The van der Waals surface area contributed by atoms with Crippen molar-refractivity contribution in [3.8, 4) is 0 Å². The van der Waals surface area contributed by atoms with Gasteiger partial charge in [0.15, 0.2) is 0 Å². The molecule has 0 unspecified atom stereocenters. The van der Waals surface area contributed by atoms with Gasteiger partial charge in [0.1, 0.15) is 22.6 Å². The first-order valence-corrected chi connectivity index (χ1v) is 9.22. The number of nitrogens with zero attached hydrogens (tertiary/aromatic N) is 1. The van der Waals surface area contributed by atoms with Crippen LogP contribution >= 0.6 is 0 Å². The molecule has 0 radical (unpaired) electrons. The Morgan fingerprint density at radius 2 is 1.64 bits per heavy atom. The van der Waals surface area contributed by atoms with Crippen molar-refractivity contribution in [3.05, 3.63) is 35.9 Å². The van der Waals surface area contributed by atoms with E-state index < -0.39 is 45.5 Å². The van der Waals surface area contributed by atoms with E-state index in [1.165, 1.54) is 4.31 Å². The molecule has 0 aliphatic carbocycles. The number of hydrogen-bond donors (Lipinski definition) is 0. The Bertz CT molecular complexity index is 675. The summed E-state index contributed by atoms with van der Waals surface area (Å²) in [7, 11) is -1.56. The maximum atomic E-state index is 12.7. The van der Waals surface area contributed by atoms with Crippen molar-refractivity contribution >= 4 is 23.0 Å². The summed E-state index contributed by atoms with van der Waals surface area (Å²) in [5.41, 5.74) is 0.0355. The van der Waals surface area contributed by atoms with E-state index in [4.69, 9.17) is 9.47 Å². The van der Waals surface area contributed by atoms with Crippen LogP contribution in [0.1, 0.15) is 53.1 Å². The molecule has 2 rings (SSSR count). The van der Waals surface area contributed by atoms with Crippen molar-refractivity contribution in [2.24, 2.45) is 0 Å². The van der Waals surface area contributed by atoms with E-state index in [9.17, 15) is 13.8 Å². The first-order valence-electron chi connectivity index (χ1n) is 8.11. The second-order valence-electron chi connectivity index (χ2n) is 7.88. The molecule has 138 valence electrons. The van der Waals surface area contributed by atoms with Crippen molar-refractivity contribution in [2.45, 2.75) is 64.0 Å². The third-order valence-electron chi connectivity index (χ3n) is 3.46. The topological polar surface area (TPSA) is 72.9 Å². The minimum Gasteiger partial charge on any atom is -0.429 e. The lowest BCUT2D eigenvalue weighted by atomic mass is 9.94. The van der Waals surface area contributed by atoms with E-state index in [0.717, 1.165) is 5.56 Å². The third-order valence-corrected chi connectivity index (χ3v) is 5.27. The molecule has 6 nitrogen and oxygen atoms in total. The Labute approximate surface area is 151 Å². The minimum atomic E-state index is -1.56. The van der Waals surface area contributed by atoms with Crippen molar-refractivity contribution in [1.29, 1.82) is 0 Å². The van der Waals surface area contributed by atoms with Gasteiger partial charge in [0.05, 0.1) is 4.75 Å². The highest BCUT2D eigenvalue weighted by atomic mass is 32.2. The van der Waals surface area contributed by atoms with E-state index in [-0.39, 0.29) is 0 Å². The van der Waals surface area contributed by atoms with Gasteiger partial charge in [-0.25, -0.2) is 13.3 Å². The van der Waals surface area contributed by atoms with Crippen LogP contribution in [-0.2, 0) is 25.3 Å². The summed E-state index contributed by atoms with van der Waals surface area (Å²) >= 11 is 0. The molecule has 1 aromatic carbocycles. The Balaban J connectivity index is 2.26. The summed E-state index contributed by atoms with van der Waals surface area (Å²) in [5, 5.41) is 0. The number of carbonyl (C=O) groups excluding carboxylic acids is 2. The Kier molecular flexibility index (Phi) is 5.27. The van der Waals surface area contributed by atoms with Gasteiger partial charge in [-0.2, -0.15) is 0 Å². The van der Waals surface area contributed by atoms with Gasteiger partial charge in [0, 0.05) is 0 Å². The van der Waals surface area contributed by atoms with Crippen LogP contribution in [0.5, 0.6) is 0 Å². The third kappa shape index (κ3) is 4.39. The molecule has 7 heteroatoms. The highest BCUT2D eigenvalue weighted by Gasteiger charge is 2.55. The van der Waals surface area contributed by atoms with Crippen LogP contribution in [0.2, 0.25) is 0 Å². The number of benzene rings is 1.